The smallest absolute Gasteiger partial charge is 0.191 e. The monoisotopic (exact) mass is 405 g/mol. The molecule has 5 nitrogen and oxygen atoms in total. The van der Waals surface area contributed by atoms with Crippen molar-refractivity contribution in [2.75, 3.05) is 13.6 Å². The van der Waals surface area contributed by atoms with E-state index in [9.17, 15) is 0 Å². The Morgan fingerprint density at radius 2 is 2.14 bits per heavy atom. The van der Waals surface area contributed by atoms with Gasteiger partial charge in [0.2, 0.25) is 0 Å². The molecule has 1 aromatic heterocycles. The molecule has 2 N–H and O–H groups in total. The standard InChI is InChI=1S/C15H27N5.HI/c1-13-17-10-12-20(13)11-6-5-9-18-15(16-2)19-14-7-3-4-8-14;/h10,12,14H,3-9,11H2,1-2H3,(H2,16,18,19);1H. The van der Waals surface area contributed by atoms with E-state index in [-0.39, 0.29) is 24.0 Å². The van der Waals surface area contributed by atoms with Crippen LogP contribution in [0.1, 0.15) is 44.3 Å². The van der Waals surface area contributed by atoms with E-state index in [1.54, 1.807) is 0 Å². The highest BCUT2D eigenvalue weighted by molar-refractivity contribution is 14.0. The lowest BCUT2D eigenvalue weighted by Gasteiger charge is -2.16. The summed E-state index contributed by atoms with van der Waals surface area (Å²) < 4.78 is 2.20. The summed E-state index contributed by atoms with van der Waals surface area (Å²) in [5.41, 5.74) is 0. The van der Waals surface area contributed by atoms with Crippen LogP contribution in [-0.4, -0.2) is 35.1 Å². The van der Waals surface area contributed by atoms with Gasteiger partial charge in [-0.05, 0) is 32.6 Å². The van der Waals surface area contributed by atoms with Gasteiger partial charge in [-0.25, -0.2) is 4.98 Å². The van der Waals surface area contributed by atoms with Gasteiger partial charge in [-0.15, -0.1) is 24.0 Å². The fraction of sp³-hybridized carbons (Fsp3) is 0.733. The van der Waals surface area contributed by atoms with Crippen molar-refractivity contribution in [3.8, 4) is 0 Å². The van der Waals surface area contributed by atoms with Crippen LogP contribution in [0.5, 0.6) is 0 Å². The van der Waals surface area contributed by atoms with Crippen molar-refractivity contribution in [3.63, 3.8) is 0 Å². The second-order valence-electron chi connectivity index (χ2n) is 5.50. The van der Waals surface area contributed by atoms with E-state index in [0.717, 1.165) is 37.7 Å². The second kappa shape index (κ2) is 10.0. The number of hydrogen-bond acceptors (Lipinski definition) is 2. The first-order chi connectivity index (χ1) is 9.79. The number of halogens is 1. The van der Waals surface area contributed by atoms with Crippen LogP contribution in [0.3, 0.4) is 0 Å². The number of aryl methyl sites for hydroxylation is 2. The van der Waals surface area contributed by atoms with Crippen LogP contribution in [0.25, 0.3) is 0 Å². The van der Waals surface area contributed by atoms with Gasteiger partial charge in [-0.1, -0.05) is 12.8 Å². The minimum Gasteiger partial charge on any atom is -0.356 e. The zero-order valence-electron chi connectivity index (χ0n) is 13.1. The Morgan fingerprint density at radius 1 is 1.38 bits per heavy atom. The van der Waals surface area contributed by atoms with Crippen molar-refractivity contribution in [2.24, 2.45) is 4.99 Å². The van der Waals surface area contributed by atoms with Crippen LogP contribution in [0.2, 0.25) is 0 Å². The van der Waals surface area contributed by atoms with Crippen molar-refractivity contribution in [2.45, 2.75) is 58.0 Å². The van der Waals surface area contributed by atoms with E-state index in [4.69, 9.17) is 0 Å². The summed E-state index contributed by atoms with van der Waals surface area (Å²) in [6, 6.07) is 0.620. The molecule has 2 rings (SSSR count). The number of nitrogens with one attached hydrogen (secondary N) is 2. The van der Waals surface area contributed by atoms with Crippen LogP contribution < -0.4 is 10.6 Å². The zero-order valence-corrected chi connectivity index (χ0v) is 15.5. The highest BCUT2D eigenvalue weighted by atomic mass is 127. The third-order valence-electron chi connectivity index (χ3n) is 3.96. The van der Waals surface area contributed by atoms with E-state index in [2.05, 4.69) is 25.2 Å². The molecule has 1 aromatic rings. The molecule has 0 aliphatic heterocycles. The molecule has 1 saturated carbocycles. The number of nitrogens with zero attached hydrogens (tertiary/aromatic N) is 3. The van der Waals surface area contributed by atoms with E-state index in [1.807, 2.05) is 26.4 Å². The molecule has 0 bridgehead atoms. The fourth-order valence-electron chi connectivity index (χ4n) is 2.71. The molecule has 1 aliphatic carbocycles. The number of aliphatic imine (C=N–C) groups is 1. The van der Waals surface area contributed by atoms with Gasteiger partial charge in [0.05, 0.1) is 0 Å². The molecular formula is C15H28IN5. The minimum atomic E-state index is 0. The zero-order chi connectivity index (χ0) is 14.2. The van der Waals surface area contributed by atoms with Crippen LogP contribution in [0, 0.1) is 6.92 Å². The fourth-order valence-corrected chi connectivity index (χ4v) is 2.71. The Morgan fingerprint density at radius 3 is 2.76 bits per heavy atom. The van der Waals surface area contributed by atoms with Crippen molar-refractivity contribution < 1.29 is 0 Å². The Labute approximate surface area is 145 Å². The van der Waals surface area contributed by atoms with E-state index in [1.165, 1.54) is 25.7 Å². The van der Waals surface area contributed by atoms with Crippen LogP contribution >= 0.6 is 24.0 Å². The summed E-state index contributed by atoms with van der Waals surface area (Å²) in [4.78, 5) is 8.52. The molecule has 120 valence electrons. The van der Waals surface area contributed by atoms with Gasteiger partial charge in [0.15, 0.2) is 5.96 Å². The van der Waals surface area contributed by atoms with E-state index >= 15 is 0 Å². The highest BCUT2D eigenvalue weighted by Gasteiger charge is 2.15. The average molecular weight is 405 g/mol. The molecule has 1 fully saturated rings. The van der Waals surface area contributed by atoms with Crippen molar-refractivity contribution >= 4 is 29.9 Å². The molecule has 1 heterocycles. The molecule has 0 spiro atoms. The summed E-state index contributed by atoms with van der Waals surface area (Å²) in [6.07, 6.45) is 11.5. The van der Waals surface area contributed by atoms with Crippen LogP contribution in [-0.2, 0) is 6.54 Å². The molecule has 0 radical (unpaired) electrons. The quantitative estimate of drug-likeness (QED) is 0.331. The number of hydrogen-bond donors (Lipinski definition) is 2. The van der Waals surface area contributed by atoms with Gasteiger partial charge in [0, 0.05) is 38.6 Å². The largest absolute Gasteiger partial charge is 0.356 e. The lowest BCUT2D eigenvalue weighted by atomic mass is 10.2. The van der Waals surface area contributed by atoms with Gasteiger partial charge in [-0.2, -0.15) is 0 Å². The molecule has 21 heavy (non-hydrogen) atoms. The topological polar surface area (TPSA) is 54.2 Å². The molecule has 0 amide bonds. The van der Waals surface area contributed by atoms with Crippen LogP contribution in [0.15, 0.2) is 17.4 Å². The molecule has 0 unspecified atom stereocenters. The lowest BCUT2D eigenvalue weighted by molar-refractivity contribution is 0.577. The van der Waals surface area contributed by atoms with E-state index < -0.39 is 0 Å². The summed E-state index contributed by atoms with van der Waals surface area (Å²) in [5.74, 6) is 2.05. The van der Waals surface area contributed by atoms with Crippen molar-refractivity contribution in [1.82, 2.24) is 20.2 Å². The number of guanidine groups is 1. The number of aromatic nitrogens is 2. The maximum absolute atomic E-state index is 4.29. The first kappa shape index (κ1) is 18.3. The Kier molecular flexibility index (Phi) is 8.72. The highest BCUT2D eigenvalue weighted by Crippen LogP contribution is 2.17. The molecule has 1 aliphatic rings. The van der Waals surface area contributed by atoms with Gasteiger partial charge in [0.1, 0.15) is 5.82 Å². The average Bonchev–Trinajstić information content (AvgIpc) is 3.09. The first-order valence-electron chi connectivity index (χ1n) is 7.74. The summed E-state index contributed by atoms with van der Waals surface area (Å²) in [5, 5.41) is 6.91. The maximum atomic E-state index is 4.29. The molecule has 6 heteroatoms. The van der Waals surface area contributed by atoms with Crippen molar-refractivity contribution in [3.05, 3.63) is 18.2 Å². The maximum Gasteiger partial charge on any atom is 0.191 e. The SMILES string of the molecule is CN=C(NCCCCn1ccnc1C)NC1CCCC1.I. The first-order valence-corrected chi connectivity index (χ1v) is 7.74. The van der Waals surface area contributed by atoms with Gasteiger partial charge in [-0.3, -0.25) is 4.99 Å². The predicted molar refractivity (Wildman–Crippen MR) is 98.4 cm³/mol. The molecular weight excluding hydrogens is 377 g/mol. The molecule has 0 aromatic carbocycles. The second-order valence-corrected chi connectivity index (χ2v) is 5.50. The summed E-state index contributed by atoms with van der Waals surface area (Å²) in [6.45, 7) is 4.06. The molecule has 0 atom stereocenters. The predicted octanol–water partition coefficient (Wildman–Crippen LogP) is 2.70. The Hall–Kier alpha value is -0.790. The summed E-state index contributed by atoms with van der Waals surface area (Å²) in [7, 11) is 1.85. The third kappa shape index (κ3) is 6.23. The Balaban J connectivity index is 0.00000220. The number of unbranched alkanes of at least 4 members (excludes halogenated alkanes) is 1. The van der Waals surface area contributed by atoms with E-state index in [0.29, 0.717) is 6.04 Å². The van der Waals surface area contributed by atoms with Gasteiger partial charge in [0.25, 0.3) is 0 Å². The molecule has 0 saturated heterocycles. The summed E-state index contributed by atoms with van der Waals surface area (Å²) >= 11 is 0. The number of rotatable bonds is 6. The lowest BCUT2D eigenvalue weighted by Crippen LogP contribution is -2.42. The third-order valence-corrected chi connectivity index (χ3v) is 3.96. The minimum absolute atomic E-state index is 0. The Bertz CT molecular complexity index is 423. The number of imidazole rings is 1. The van der Waals surface area contributed by atoms with Gasteiger partial charge < -0.3 is 15.2 Å². The van der Waals surface area contributed by atoms with Crippen molar-refractivity contribution in [1.29, 1.82) is 0 Å². The van der Waals surface area contributed by atoms with Crippen LogP contribution in [0.4, 0.5) is 0 Å². The van der Waals surface area contributed by atoms with Gasteiger partial charge >= 0.3 is 0 Å². The normalized spacial score (nSPS) is 15.8.